The van der Waals surface area contributed by atoms with Crippen LogP contribution in [-0.4, -0.2) is 28.4 Å². The Morgan fingerprint density at radius 3 is 2.27 bits per heavy atom. The third kappa shape index (κ3) is 3.23. The Hall–Kier alpha value is -1.66. The second-order valence-electron chi connectivity index (χ2n) is 7.05. The molecule has 1 aromatic carbocycles. The summed E-state index contributed by atoms with van der Waals surface area (Å²) >= 11 is 0. The van der Waals surface area contributed by atoms with Gasteiger partial charge in [-0.1, -0.05) is 26.0 Å². The van der Waals surface area contributed by atoms with Crippen LogP contribution in [0.1, 0.15) is 26.5 Å². The summed E-state index contributed by atoms with van der Waals surface area (Å²) in [7, 11) is -0.0534. The Labute approximate surface area is 133 Å². The predicted octanol–water partition coefficient (Wildman–Crippen LogP) is 3.36. The zero-order valence-electron chi connectivity index (χ0n) is 14.2. The van der Waals surface area contributed by atoms with Crippen LogP contribution in [0, 0.1) is 0 Å². The average molecular weight is 319 g/mol. The molecular weight excluding hydrogens is 294 g/mol. The zero-order valence-corrected chi connectivity index (χ0v) is 15.2. The first-order valence-electron chi connectivity index (χ1n) is 7.44. The maximum Gasteiger partial charge on any atom is 0.250 e. The first kappa shape index (κ1) is 16.7. The average Bonchev–Trinajstić information content (AvgIpc) is 2.79. The van der Waals surface area contributed by atoms with Gasteiger partial charge in [0.25, 0.3) is 0 Å². The number of benzene rings is 1. The molecule has 1 aromatic heterocycles. The smallest absolute Gasteiger partial charge is 0.250 e. The standard InChI is InChI=1S/C16H25N3O2Si/c1-16(2,3)22(5,6)21-13-9-7-12(8-10-13)15-14(11-20)19(4)18-17-15/h7-10,20H,11H2,1-6H3. The van der Waals surface area contributed by atoms with Crippen LogP contribution < -0.4 is 4.43 Å². The van der Waals surface area contributed by atoms with Crippen molar-refractivity contribution >= 4 is 8.32 Å². The number of aromatic nitrogens is 3. The number of nitrogens with zero attached hydrogens (tertiary/aromatic N) is 3. The van der Waals surface area contributed by atoms with Gasteiger partial charge in [-0.25, -0.2) is 4.68 Å². The second kappa shape index (κ2) is 5.85. The molecule has 1 N–H and O–H groups in total. The molecule has 2 rings (SSSR count). The Balaban J connectivity index is 2.24. The van der Waals surface area contributed by atoms with Gasteiger partial charge in [-0.15, -0.1) is 5.10 Å². The highest BCUT2D eigenvalue weighted by Gasteiger charge is 2.38. The Morgan fingerprint density at radius 2 is 1.77 bits per heavy atom. The molecule has 2 aromatic rings. The molecular formula is C16H25N3O2Si. The topological polar surface area (TPSA) is 60.2 Å². The lowest BCUT2D eigenvalue weighted by atomic mass is 10.1. The molecule has 0 spiro atoms. The lowest BCUT2D eigenvalue weighted by molar-refractivity contribution is 0.271. The summed E-state index contributed by atoms with van der Waals surface area (Å²) in [5, 5.41) is 17.7. The van der Waals surface area contributed by atoms with E-state index in [0.29, 0.717) is 11.4 Å². The molecule has 0 bridgehead atoms. The van der Waals surface area contributed by atoms with Crippen LogP contribution in [0.3, 0.4) is 0 Å². The number of aliphatic hydroxyl groups excluding tert-OH is 1. The van der Waals surface area contributed by atoms with Gasteiger partial charge in [-0.05, 0) is 42.4 Å². The van der Waals surface area contributed by atoms with E-state index >= 15 is 0 Å². The van der Waals surface area contributed by atoms with Crippen LogP contribution in [0.25, 0.3) is 11.3 Å². The van der Waals surface area contributed by atoms with Crippen molar-refractivity contribution in [1.29, 1.82) is 0 Å². The highest BCUT2D eigenvalue weighted by atomic mass is 28.4. The van der Waals surface area contributed by atoms with Crippen molar-refractivity contribution in [3.05, 3.63) is 30.0 Å². The molecule has 1 heterocycles. The summed E-state index contributed by atoms with van der Waals surface area (Å²) in [6, 6.07) is 7.86. The molecule has 0 radical (unpaired) electrons. The molecule has 22 heavy (non-hydrogen) atoms. The fourth-order valence-corrected chi connectivity index (χ4v) is 2.94. The van der Waals surface area contributed by atoms with Gasteiger partial charge < -0.3 is 9.53 Å². The van der Waals surface area contributed by atoms with E-state index in [2.05, 4.69) is 44.2 Å². The van der Waals surface area contributed by atoms with Crippen molar-refractivity contribution in [3.63, 3.8) is 0 Å². The van der Waals surface area contributed by atoms with E-state index in [9.17, 15) is 5.11 Å². The Bertz CT molecular complexity index is 642. The maximum absolute atomic E-state index is 9.43. The van der Waals surface area contributed by atoms with E-state index in [-0.39, 0.29) is 11.6 Å². The second-order valence-corrected chi connectivity index (χ2v) is 11.8. The van der Waals surface area contributed by atoms with Crippen LogP contribution in [0.5, 0.6) is 5.75 Å². The normalized spacial score (nSPS) is 12.5. The minimum Gasteiger partial charge on any atom is -0.544 e. The van der Waals surface area contributed by atoms with Crippen molar-refractivity contribution in [2.45, 2.75) is 45.5 Å². The largest absolute Gasteiger partial charge is 0.544 e. The summed E-state index contributed by atoms with van der Waals surface area (Å²) in [5.41, 5.74) is 2.35. The number of rotatable bonds is 4. The lowest BCUT2D eigenvalue weighted by Crippen LogP contribution is -2.43. The summed E-state index contributed by atoms with van der Waals surface area (Å²) in [4.78, 5) is 0. The van der Waals surface area contributed by atoms with Crippen LogP contribution in [0.2, 0.25) is 18.1 Å². The minimum atomic E-state index is -1.83. The van der Waals surface area contributed by atoms with Gasteiger partial charge in [-0.3, -0.25) is 0 Å². The Kier molecular flexibility index (Phi) is 4.44. The highest BCUT2D eigenvalue weighted by molar-refractivity contribution is 6.74. The fraction of sp³-hybridized carbons (Fsp3) is 0.500. The number of hydrogen-bond donors (Lipinski definition) is 1. The van der Waals surface area contributed by atoms with Crippen molar-refractivity contribution in [2.75, 3.05) is 0 Å². The third-order valence-corrected chi connectivity index (χ3v) is 8.76. The number of aryl methyl sites for hydroxylation is 1. The van der Waals surface area contributed by atoms with E-state index in [1.165, 1.54) is 0 Å². The van der Waals surface area contributed by atoms with Gasteiger partial charge >= 0.3 is 0 Å². The monoisotopic (exact) mass is 319 g/mol. The minimum absolute atomic E-state index is 0.0823. The van der Waals surface area contributed by atoms with Crippen LogP contribution in [0.15, 0.2) is 24.3 Å². The molecule has 0 saturated carbocycles. The van der Waals surface area contributed by atoms with Gasteiger partial charge in [0, 0.05) is 12.6 Å². The number of aliphatic hydroxyl groups is 1. The molecule has 0 aliphatic heterocycles. The van der Waals surface area contributed by atoms with Crippen molar-refractivity contribution in [2.24, 2.45) is 7.05 Å². The van der Waals surface area contributed by atoms with E-state index in [0.717, 1.165) is 11.3 Å². The summed E-state index contributed by atoms with van der Waals surface area (Å²) in [6.45, 7) is 11.0. The molecule has 0 amide bonds. The highest BCUT2D eigenvalue weighted by Crippen LogP contribution is 2.37. The van der Waals surface area contributed by atoms with Crippen LogP contribution in [-0.2, 0) is 13.7 Å². The molecule has 0 atom stereocenters. The Morgan fingerprint density at radius 1 is 1.18 bits per heavy atom. The van der Waals surface area contributed by atoms with Gasteiger partial charge in [-0.2, -0.15) is 0 Å². The summed E-state index contributed by atoms with van der Waals surface area (Å²) < 4.78 is 7.86. The SMILES string of the molecule is Cn1nnc(-c2ccc(O[Si](C)(C)C(C)(C)C)cc2)c1CO. The molecule has 120 valence electrons. The summed E-state index contributed by atoms with van der Waals surface area (Å²) in [6.07, 6.45) is 0. The van der Waals surface area contributed by atoms with E-state index in [1.807, 2.05) is 24.3 Å². The van der Waals surface area contributed by atoms with Crippen molar-refractivity contribution in [3.8, 4) is 17.0 Å². The van der Waals surface area contributed by atoms with Gasteiger partial charge in [0.1, 0.15) is 11.4 Å². The van der Waals surface area contributed by atoms with Crippen molar-refractivity contribution in [1.82, 2.24) is 15.0 Å². The predicted molar refractivity (Wildman–Crippen MR) is 90.2 cm³/mol. The van der Waals surface area contributed by atoms with Crippen molar-refractivity contribution < 1.29 is 9.53 Å². The molecule has 0 aliphatic rings. The van der Waals surface area contributed by atoms with Gasteiger partial charge in [0.05, 0.1) is 12.3 Å². The molecule has 0 saturated heterocycles. The van der Waals surface area contributed by atoms with E-state index < -0.39 is 8.32 Å². The third-order valence-electron chi connectivity index (χ3n) is 4.40. The molecule has 0 unspecified atom stereocenters. The van der Waals surface area contributed by atoms with Crippen LogP contribution >= 0.6 is 0 Å². The summed E-state index contributed by atoms with van der Waals surface area (Å²) in [5.74, 6) is 0.879. The van der Waals surface area contributed by atoms with Gasteiger partial charge in [0.15, 0.2) is 0 Å². The molecule has 6 heteroatoms. The van der Waals surface area contributed by atoms with E-state index in [1.54, 1.807) is 11.7 Å². The quantitative estimate of drug-likeness (QED) is 0.878. The zero-order chi connectivity index (χ0) is 16.5. The van der Waals surface area contributed by atoms with Gasteiger partial charge in [0.2, 0.25) is 8.32 Å². The maximum atomic E-state index is 9.43. The van der Waals surface area contributed by atoms with Crippen LogP contribution in [0.4, 0.5) is 0 Å². The van der Waals surface area contributed by atoms with E-state index in [4.69, 9.17) is 4.43 Å². The molecule has 0 fully saturated rings. The lowest BCUT2D eigenvalue weighted by Gasteiger charge is -2.36. The molecule has 0 aliphatic carbocycles. The first-order valence-corrected chi connectivity index (χ1v) is 10.4. The fourth-order valence-electron chi connectivity index (χ4n) is 1.91. The number of hydrogen-bond acceptors (Lipinski definition) is 4. The first-order chi connectivity index (χ1) is 10.2. The molecule has 5 nitrogen and oxygen atoms in total.